The number of esters is 1. The fraction of sp³-hybridized carbons (Fsp3) is 0.636. The highest BCUT2D eigenvalue weighted by Crippen LogP contribution is 2.33. The second kappa shape index (κ2) is 11.9. The molecule has 1 N–H and O–H groups in total. The molecule has 2 aliphatic rings. The third-order valence-electron chi connectivity index (χ3n) is 5.73. The molecule has 1 saturated carbocycles. The smallest absolute Gasteiger partial charge is 0.335 e. The van der Waals surface area contributed by atoms with Gasteiger partial charge in [0.15, 0.2) is 12.4 Å². The van der Waals surface area contributed by atoms with Crippen molar-refractivity contribution in [2.24, 2.45) is 5.11 Å². The fourth-order valence-corrected chi connectivity index (χ4v) is 4.13. The highest BCUT2D eigenvalue weighted by molar-refractivity contribution is 5.74. The van der Waals surface area contributed by atoms with Gasteiger partial charge < -0.3 is 28.8 Å². The Morgan fingerprint density at radius 1 is 1.18 bits per heavy atom. The van der Waals surface area contributed by atoms with E-state index in [-0.39, 0.29) is 12.7 Å². The van der Waals surface area contributed by atoms with Crippen molar-refractivity contribution in [2.75, 3.05) is 7.11 Å². The van der Waals surface area contributed by atoms with E-state index in [1.807, 2.05) is 0 Å². The third kappa shape index (κ3) is 6.58. The largest absolute Gasteiger partial charge is 0.497 e. The van der Waals surface area contributed by atoms with Crippen molar-refractivity contribution in [1.29, 1.82) is 0 Å². The van der Waals surface area contributed by atoms with E-state index in [1.165, 1.54) is 6.92 Å². The van der Waals surface area contributed by atoms with E-state index < -0.39 is 42.6 Å². The number of hydrogen-bond donors (Lipinski definition) is 1. The molecular formula is C22H29N3O8. The summed E-state index contributed by atoms with van der Waals surface area (Å²) in [6, 6.07) is 5.89. The number of carboxylic acid groups (broad SMARTS) is 1. The predicted molar refractivity (Wildman–Crippen MR) is 114 cm³/mol. The van der Waals surface area contributed by atoms with Crippen LogP contribution < -0.4 is 4.74 Å². The molecule has 1 heterocycles. The Balaban J connectivity index is 1.85. The van der Waals surface area contributed by atoms with Crippen molar-refractivity contribution in [2.45, 2.75) is 82.4 Å². The van der Waals surface area contributed by atoms with Crippen LogP contribution in [0.1, 0.15) is 44.6 Å². The first-order valence-corrected chi connectivity index (χ1v) is 10.9. The van der Waals surface area contributed by atoms with Crippen LogP contribution in [-0.2, 0) is 35.1 Å². The van der Waals surface area contributed by atoms with Crippen LogP contribution >= 0.6 is 0 Å². The molecule has 180 valence electrons. The second-order valence-electron chi connectivity index (χ2n) is 8.05. The molecule has 0 spiro atoms. The van der Waals surface area contributed by atoms with E-state index in [0.29, 0.717) is 5.75 Å². The zero-order chi connectivity index (χ0) is 23.8. The average Bonchev–Trinajstić information content (AvgIpc) is 2.80. The number of benzene rings is 1. The summed E-state index contributed by atoms with van der Waals surface area (Å²) in [6.07, 6.45) is -0.645. The number of carboxylic acids is 1. The molecule has 2 fully saturated rings. The maximum Gasteiger partial charge on any atom is 0.335 e. The first kappa shape index (κ1) is 24.8. The quantitative estimate of drug-likeness (QED) is 0.253. The molecule has 0 amide bonds. The van der Waals surface area contributed by atoms with E-state index in [1.54, 1.807) is 31.4 Å². The molecule has 0 unspecified atom stereocenters. The van der Waals surface area contributed by atoms with Gasteiger partial charge in [0.25, 0.3) is 0 Å². The molecule has 0 radical (unpaired) electrons. The minimum Gasteiger partial charge on any atom is -0.497 e. The minimum atomic E-state index is -1.49. The molecule has 33 heavy (non-hydrogen) atoms. The first-order chi connectivity index (χ1) is 15.9. The van der Waals surface area contributed by atoms with Crippen molar-refractivity contribution in [3.8, 4) is 5.75 Å². The van der Waals surface area contributed by atoms with E-state index in [9.17, 15) is 14.7 Å². The van der Waals surface area contributed by atoms with Crippen LogP contribution in [0.4, 0.5) is 0 Å². The topological polar surface area (TPSA) is 149 Å². The number of methoxy groups -OCH3 is 1. The van der Waals surface area contributed by atoms with Gasteiger partial charge in [0.2, 0.25) is 0 Å². The Hall–Kier alpha value is -2.85. The zero-order valence-electron chi connectivity index (χ0n) is 18.7. The van der Waals surface area contributed by atoms with Gasteiger partial charge in [0, 0.05) is 11.8 Å². The molecule has 1 saturated heterocycles. The first-order valence-electron chi connectivity index (χ1n) is 10.9. The van der Waals surface area contributed by atoms with Crippen LogP contribution in [-0.4, -0.2) is 60.9 Å². The Labute approximate surface area is 191 Å². The van der Waals surface area contributed by atoms with Crippen LogP contribution in [0, 0.1) is 0 Å². The summed E-state index contributed by atoms with van der Waals surface area (Å²) >= 11 is 0. The number of aliphatic carboxylic acids is 1. The number of rotatable bonds is 9. The molecule has 0 bridgehead atoms. The van der Waals surface area contributed by atoms with Gasteiger partial charge in [-0.2, -0.15) is 0 Å². The zero-order valence-corrected chi connectivity index (χ0v) is 18.7. The monoisotopic (exact) mass is 463 g/mol. The van der Waals surface area contributed by atoms with Gasteiger partial charge >= 0.3 is 11.9 Å². The van der Waals surface area contributed by atoms with Gasteiger partial charge in [-0.15, -0.1) is 0 Å². The van der Waals surface area contributed by atoms with Crippen molar-refractivity contribution < 1.29 is 38.4 Å². The molecule has 0 aromatic heterocycles. The standard InChI is InChI=1S/C22H29N3O8/c1-13(26)31-18-17(24-25-23)22(32-16-6-4-3-5-7-16)33-20(21(27)28)19(18)30-12-14-8-10-15(29-2)11-9-14/h8-11,16-20,22H,3-7,12H2,1-2H3,(H,27,28)/t17-,18-,19-,20+,22-/m1/s1. The van der Waals surface area contributed by atoms with Gasteiger partial charge in [-0.05, 0) is 36.1 Å². The molecule has 1 aliphatic heterocycles. The Kier molecular flexibility index (Phi) is 8.90. The van der Waals surface area contributed by atoms with Crippen LogP contribution in [0.5, 0.6) is 5.75 Å². The molecule has 1 aromatic rings. The molecule has 5 atom stereocenters. The number of ether oxygens (including phenoxy) is 5. The second-order valence-corrected chi connectivity index (χ2v) is 8.05. The number of nitrogens with zero attached hydrogens (tertiary/aromatic N) is 3. The fourth-order valence-electron chi connectivity index (χ4n) is 4.13. The summed E-state index contributed by atoms with van der Waals surface area (Å²) < 4.78 is 28.2. The normalized spacial score (nSPS) is 27.9. The number of carbonyl (C=O) groups is 2. The van der Waals surface area contributed by atoms with E-state index in [0.717, 1.165) is 37.7 Å². The number of azide groups is 1. The van der Waals surface area contributed by atoms with Crippen LogP contribution in [0.3, 0.4) is 0 Å². The van der Waals surface area contributed by atoms with E-state index in [4.69, 9.17) is 29.2 Å². The summed E-state index contributed by atoms with van der Waals surface area (Å²) in [7, 11) is 1.55. The van der Waals surface area contributed by atoms with Crippen molar-refractivity contribution in [1.82, 2.24) is 0 Å². The molecule has 1 aromatic carbocycles. The van der Waals surface area contributed by atoms with Crippen molar-refractivity contribution in [3.63, 3.8) is 0 Å². The maximum atomic E-state index is 12.1. The van der Waals surface area contributed by atoms with Crippen LogP contribution in [0.2, 0.25) is 0 Å². The van der Waals surface area contributed by atoms with Gasteiger partial charge in [-0.3, -0.25) is 4.79 Å². The Morgan fingerprint density at radius 2 is 1.88 bits per heavy atom. The van der Waals surface area contributed by atoms with Crippen molar-refractivity contribution in [3.05, 3.63) is 40.3 Å². The van der Waals surface area contributed by atoms with Crippen molar-refractivity contribution >= 4 is 11.9 Å². The molecular weight excluding hydrogens is 434 g/mol. The molecule has 1 aliphatic carbocycles. The summed E-state index contributed by atoms with van der Waals surface area (Å²) in [4.78, 5) is 26.8. The Morgan fingerprint density at radius 3 is 2.45 bits per heavy atom. The SMILES string of the molecule is COc1ccc(CO[C@@H]2[C@H](OC(C)=O)[C@@H](N=[N+]=[N-])[C@H](OC3CCCCC3)O[C@@H]2C(=O)O)cc1. The lowest BCUT2D eigenvalue weighted by atomic mass is 9.95. The van der Waals surface area contributed by atoms with E-state index in [2.05, 4.69) is 10.0 Å². The van der Waals surface area contributed by atoms with Crippen LogP contribution in [0.15, 0.2) is 29.4 Å². The maximum absolute atomic E-state index is 12.1. The van der Waals surface area contributed by atoms with E-state index >= 15 is 0 Å². The molecule has 3 rings (SSSR count). The van der Waals surface area contributed by atoms with Gasteiger partial charge in [-0.25, -0.2) is 4.79 Å². The lowest BCUT2D eigenvalue weighted by molar-refractivity contribution is -0.283. The van der Waals surface area contributed by atoms with Crippen LogP contribution in [0.25, 0.3) is 10.4 Å². The average molecular weight is 463 g/mol. The lowest BCUT2D eigenvalue weighted by Gasteiger charge is -2.43. The predicted octanol–water partition coefficient (Wildman–Crippen LogP) is 3.35. The summed E-state index contributed by atoms with van der Waals surface area (Å²) in [6.45, 7) is 1.20. The Bertz CT molecular complexity index is 852. The highest BCUT2D eigenvalue weighted by atomic mass is 16.7. The van der Waals surface area contributed by atoms with Gasteiger partial charge in [-0.1, -0.05) is 36.5 Å². The molecule has 11 nitrogen and oxygen atoms in total. The molecule has 11 heteroatoms. The lowest BCUT2D eigenvalue weighted by Crippen LogP contribution is -2.62. The van der Waals surface area contributed by atoms with Gasteiger partial charge in [0.05, 0.1) is 19.8 Å². The third-order valence-corrected chi connectivity index (χ3v) is 5.73. The summed E-state index contributed by atoms with van der Waals surface area (Å²) in [5.41, 5.74) is 9.89. The minimum absolute atomic E-state index is 0.0106. The number of carbonyl (C=O) groups excluding carboxylic acids is 1. The highest BCUT2D eigenvalue weighted by Gasteiger charge is 2.52. The van der Waals surface area contributed by atoms with Gasteiger partial charge in [0.1, 0.15) is 24.0 Å². The summed E-state index contributed by atoms with van der Waals surface area (Å²) in [5.74, 6) is -1.31. The number of hydrogen-bond acceptors (Lipinski definition) is 8. The summed E-state index contributed by atoms with van der Waals surface area (Å²) in [5, 5.41) is 13.6.